The first-order chi connectivity index (χ1) is 16.4. The summed E-state index contributed by atoms with van der Waals surface area (Å²) in [5, 5.41) is 3.43. The molecule has 1 N–H and O–H groups in total. The number of rotatable bonds is 6. The van der Waals surface area contributed by atoms with Crippen LogP contribution in [-0.2, 0) is 11.2 Å². The number of nitrogens with zero attached hydrogens (tertiary/aromatic N) is 3. The van der Waals surface area contributed by atoms with Crippen molar-refractivity contribution in [3.63, 3.8) is 0 Å². The number of hydrogen-bond acceptors (Lipinski definition) is 4. The number of carbonyl (C=O) groups is 1. The number of aryl methyl sites for hydroxylation is 1. The first-order valence-electron chi connectivity index (χ1n) is 11.4. The molecule has 5 rings (SSSR count). The van der Waals surface area contributed by atoms with Crippen LogP contribution in [0.3, 0.4) is 0 Å². The molecule has 34 heavy (non-hydrogen) atoms. The minimum absolute atomic E-state index is 0.0877. The SMILES string of the molecule is O=C(NC1CCN(CCCc2ccccc2)CC1)C1=C(C(F)(F)F)c2cnc3cccc(n23)S1. The van der Waals surface area contributed by atoms with Crippen molar-refractivity contribution in [3.8, 4) is 0 Å². The lowest BCUT2D eigenvalue weighted by molar-refractivity contribution is -0.118. The lowest BCUT2D eigenvalue weighted by atomic mass is 10.0. The number of amides is 1. The second-order valence-electron chi connectivity index (χ2n) is 8.68. The number of allylic oxidation sites excluding steroid dienone is 1. The number of benzene rings is 1. The molecule has 0 bridgehead atoms. The summed E-state index contributed by atoms with van der Waals surface area (Å²) < 4.78 is 43.5. The van der Waals surface area contributed by atoms with Crippen molar-refractivity contribution < 1.29 is 18.0 Å². The third-order valence-corrected chi connectivity index (χ3v) is 7.50. The van der Waals surface area contributed by atoms with E-state index < -0.39 is 17.7 Å². The highest BCUT2D eigenvalue weighted by molar-refractivity contribution is 8.04. The fourth-order valence-corrected chi connectivity index (χ4v) is 5.78. The largest absolute Gasteiger partial charge is 0.419 e. The van der Waals surface area contributed by atoms with E-state index in [2.05, 4.69) is 27.3 Å². The highest BCUT2D eigenvalue weighted by atomic mass is 32.2. The van der Waals surface area contributed by atoms with Gasteiger partial charge in [-0.05, 0) is 49.9 Å². The van der Waals surface area contributed by atoms with Crippen LogP contribution >= 0.6 is 11.8 Å². The van der Waals surface area contributed by atoms with Gasteiger partial charge in [-0.1, -0.05) is 48.2 Å². The van der Waals surface area contributed by atoms with Gasteiger partial charge in [0, 0.05) is 19.1 Å². The van der Waals surface area contributed by atoms with Gasteiger partial charge >= 0.3 is 6.18 Å². The van der Waals surface area contributed by atoms with Crippen LogP contribution in [0, 0.1) is 0 Å². The number of likely N-dealkylation sites (tertiary alicyclic amines) is 1. The van der Waals surface area contributed by atoms with Crippen LogP contribution in [0.1, 0.15) is 30.5 Å². The number of carbonyl (C=O) groups excluding carboxylic acids is 1. The minimum Gasteiger partial charge on any atom is -0.349 e. The lowest BCUT2D eigenvalue weighted by Crippen LogP contribution is -2.45. The van der Waals surface area contributed by atoms with E-state index in [1.165, 1.54) is 16.2 Å². The molecule has 1 amide bonds. The molecule has 0 saturated carbocycles. The van der Waals surface area contributed by atoms with Gasteiger partial charge < -0.3 is 10.2 Å². The summed E-state index contributed by atoms with van der Waals surface area (Å²) >= 11 is 0.855. The van der Waals surface area contributed by atoms with Crippen molar-refractivity contribution in [2.24, 2.45) is 0 Å². The van der Waals surface area contributed by atoms with Gasteiger partial charge in [-0.2, -0.15) is 13.2 Å². The Morgan fingerprint density at radius 1 is 1.09 bits per heavy atom. The second-order valence-corrected chi connectivity index (χ2v) is 9.71. The third kappa shape index (κ3) is 4.72. The molecule has 178 valence electrons. The van der Waals surface area contributed by atoms with Gasteiger partial charge in [0.15, 0.2) is 0 Å². The zero-order valence-corrected chi connectivity index (χ0v) is 19.3. The minimum atomic E-state index is -4.66. The summed E-state index contributed by atoms with van der Waals surface area (Å²) in [5.74, 6) is -0.663. The van der Waals surface area contributed by atoms with E-state index in [1.54, 1.807) is 18.2 Å². The third-order valence-electron chi connectivity index (χ3n) is 6.38. The second kappa shape index (κ2) is 9.46. The van der Waals surface area contributed by atoms with Crippen LogP contribution in [0.4, 0.5) is 13.2 Å². The number of halogens is 3. The van der Waals surface area contributed by atoms with Crippen molar-refractivity contribution >= 4 is 28.9 Å². The van der Waals surface area contributed by atoms with Gasteiger partial charge in [0.1, 0.15) is 11.2 Å². The maximum atomic E-state index is 14.0. The topological polar surface area (TPSA) is 49.6 Å². The number of imidazole rings is 1. The summed E-state index contributed by atoms with van der Waals surface area (Å²) in [5.41, 5.74) is 0.746. The molecule has 0 aliphatic carbocycles. The molecule has 0 spiro atoms. The Kier molecular flexibility index (Phi) is 6.40. The van der Waals surface area contributed by atoms with E-state index in [4.69, 9.17) is 0 Å². The van der Waals surface area contributed by atoms with Gasteiger partial charge in [0.25, 0.3) is 5.91 Å². The Labute approximate surface area is 200 Å². The van der Waals surface area contributed by atoms with Crippen LogP contribution in [0.15, 0.2) is 64.7 Å². The number of pyridine rings is 1. The molecule has 1 aromatic carbocycles. The van der Waals surface area contributed by atoms with Crippen molar-refractivity contribution in [3.05, 3.63) is 70.9 Å². The zero-order valence-electron chi connectivity index (χ0n) is 18.5. The number of hydrogen-bond donors (Lipinski definition) is 1. The summed E-state index contributed by atoms with van der Waals surface area (Å²) in [6.45, 7) is 2.62. The fraction of sp³-hybridized carbons (Fsp3) is 0.360. The van der Waals surface area contributed by atoms with Gasteiger partial charge in [-0.15, -0.1) is 0 Å². The molecule has 3 aromatic rings. The summed E-state index contributed by atoms with van der Waals surface area (Å²) in [4.78, 5) is 19.2. The molecular formula is C25H25F3N4OS. The van der Waals surface area contributed by atoms with Crippen molar-refractivity contribution in [1.29, 1.82) is 0 Å². The molecule has 0 radical (unpaired) electrons. The Bertz CT molecular complexity index is 1210. The van der Waals surface area contributed by atoms with Crippen LogP contribution in [0.2, 0.25) is 0 Å². The molecule has 2 aromatic heterocycles. The van der Waals surface area contributed by atoms with E-state index >= 15 is 0 Å². The molecular weight excluding hydrogens is 461 g/mol. The zero-order chi connectivity index (χ0) is 23.7. The predicted octanol–water partition coefficient (Wildman–Crippen LogP) is 4.93. The number of nitrogens with one attached hydrogen (secondary N) is 1. The Morgan fingerprint density at radius 3 is 2.59 bits per heavy atom. The maximum Gasteiger partial charge on any atom is 0.419 e. The average Bonchev–Trinajstić information content (AvgIpc) is 3.25. The van der Waals surface area contributed by atoms with Crippen molar-refractivity contribution in [2.45, 2.75) is 42.9 Å². The van der Waals surface area contributed by atoms with E-state index in [1.807, 2.05) is 18.2 Å². The van der Waals surface area contributed by atoms with Gasteiger partial charge in [-0.25, -0.2) is 4.98 Å². The molecule has 1 saturated heterocycles. The number of piperidine rings is 1. The molecule has 4 heterocycles. The molecule has 0 atom stereocenters. The highest BCUT2D eigenvalue weighted by Gasteiger charge is 2.43. The molecule has 2 aliphatic heterocycles. The fourth-order valence-electron chi connectivity index (χ4n) is 4.67. The molecule has 1 fully saturated rings. The Balaban J connectivity index is 1.22. The predicted molar refractivity (Wildman–Crippen MR) is 126 cm³/mol. The normalized spacial score (nSPS) is 17.4. The Hall–Kier alpha value is -2.78. The van der Waals surface area contributed by atoms with Crippen LogP contribution < -0.4 is 5.32 Å². The summed E-state index contributed by atoms with van der Waals surface area (Å²) in [6, 6.07) is 15.3. The molecule has 2 aliphatic rings. The smallest absolute Gasteiger partial charge is 0.349 e. The van der Waals surface area contributed by atoms with Gasteiger partial charge in [-0.3, -0.25) is 9.20 Å². The molecule has 5 nitrogen and oxygen atoms in total. The summed E-state index contributed by atoms with van der Waals surface area (Å²) in [6.07, 6.45) is 0.0623. The van der Waals surface area contributed by atoms with Crippen LogP contribution in [-0.4, -0.2) is 52.0 Å². The first kappa shape index (κ1) is 23.0. The van der Waals surface area contributed by atoms with Gasteiger partial charge in [0.2, 0.25) is 0 Å². The Morgan fingerprint density at radius 2 is 1.85 bits per heavy atom. The van der Waals surface area contributed by atoms with Crippen LogP contribution in [0.25, 0.3) is 11.2 Å². The monoisotopic (exact) mass is 486 g/mol. The van der Waals surface area contributed by atoms with Crippen molar-refractivity contribution in [1.82, 2.24) is 19.6 Å². The first-order valence-corrected chi connectivity index (χ1v) is 12.2. The van der Waals surface area contributed by atoms with E-state index in [0.717, 1.165) is 57.1 Å². The molecule has 0 unspecified atom stereocenters. The quantitative estimate of drug-likeness (QED) is 0.537. The molecule has 9 heteroatoms. The lowest BCUT2D eigenvalue weighted by Gasteiger charge is -2.33. The number of aromatic nitrogens is 2. The van der Waals surface area contributed by atoms with Gasteiger partial charge in [0.05, 0.1) is 21.8 Å². The van der Waals surface area contributed by atoms with Crippen LogP contribution in [0.5, 0.6) is 0 Å². The van der Waals surface area contributed by atoms with E-state index in [-0.39, 0.29) is 16.6 Å². The standard InChI is InChI=1S/C25H25F3N4OS/c26-25(27,28)22-19-16-29-20-9-4-10-21(32(19)20)34-23(22)24(33)30-18-11-14-31(15-12-18)13-5-8-17-6-2-1-3-7-17/h1-4,6-7,9-10,16,18H,5,8,11-15H2,(H,30,33). The van der Waals surface area contributed by atoms with E-state index in [9.17, 15) is 18.0 Å². The summed E-state index contributed by atoms with van der Waals surface area (Å²) in [7, 11) is 0. The average molecular weight is 487 g/mol. The number of thioether (sulfide) groups is 1. The highest BCUT2D eigenvalue weighted by Crippen LogP contribution is 2.46. The van der Waals surface area contributed by atoms with E-state index in [0.29, 0.717) is 10.7 Å². The number of alkyl halides is 3. The maximum absolute atomic E-state index is 14.0. The van der Waals surface area contributed by atoms with Crippen molar-refractivity contribution in [2.75, 3.05) is 19.6 Å².